The number of hydrogen-bond acceptors (Lipinski definition) is 3. The van der Waals surface area contributed by atoms with Gasteiger partial charge in [-0.1, -0.05) is 6.92 Å². The van der Waals surface area contributed by atoms with Crippen LogP contribution in [-0.4, -0.2) is 36.2 Å². The Morgan fingerprint density at radius 3 is 2.79 bits per heavy atom. The third-order valence-corrected chi connectivity index (χ3v) is 2.71. The zero-order valence-electron chi connectivity index (χ0n) is 11.2. The van der Waals surface area contributed by atoms with Gasteiger partial charge in [-0.15, -0.1) is 0 Å². The maximum atomic E-state index is 11.9. The summed E-state index contributed by atoms with van der Waals surface area (Å²) in [7, 11) is 1.78. The van der Waals surface area contributed by atoms with Gasteiger partial charge < -0.3 is 10.1 Å². The summed E-state index contributed by atoms with van der Waals surface area (Å²) < 4.78 is 42.3. The van der Waals surface area contributed by atoms with Crippen LogP contribution in [-0.2, 0) is 11.3 Å². The van der Waals surface area contributed by atoms with Crippen LogP contribution in [0.1, 0.15) is 31.5 Å². The van der Waals surface area contributed by atoms with Gasteiger partial charge in [0, 0.05) is 19.3 Å². The lowest BCUT2D eigenvalue weighted by molar-refractivity contribution is -0.174. The first-order chi connectivity index (χ1) is 8.98. The van der Waals surface area contributed by atoms with E-state index in [4.69, 9.17) is 0 Å². The average molecular weight is 279 g/mol. The summed E-state index contributed by atoms with van der Waals surface area (Å²) >= 11 is 0. The molecule has 1 aromatic heterocycles. The molecule has 1 aromatic rings. The van der Waals surface area contributed by atoms with Gasteiger partial charge in [0.05, 0.1) is 11.7 Å². The largest absolute Gasteiger partial charge is 0.411 e. The SMILES string of the molecule is CCCn1nccc1C(CCOCC(F)(F)F)NC. The van der Waals surface area contributed by atoms with E-state index in [1.165, 1.54) is 0 Å². The van der Waals surface area contributed by atoms with Gasteiger partial charge in [-0.2, -0.15) is 18.3 Å². The van der Waals surface area contributed by atoms with E-state index in [0.29, 0.717) is 6.42 Å². The van der Waals surface area contributed by atoms with Crippen LogP contribution in [0.5, 0.6) is 0 Å². The number of hydrogen-bond donors (Lipinski definition) is 1. The fourth-order valence-corrected chi connectivity index (χ4v) is 1.87. The van der Waals surface area contributed by atoms with Gasteiger partial charge >= 0.3 is 6.18 Å². The first-order valence-corrected chi connectivity index (χ1v) is 6.31. The van der Waals surface area contributed by atoms with Crippen molar-refractivity contribution in [2.24, 2.45) is 0 Å². The Hall–Kier alpha value is -1.08. The molecule has 0 bridgehead atoms. The highest BCUT2D eigenvalue weighted by Gasteiger charge is 2.27. The molecule has 1 unspecified atom stereocenters. The second kappa shape index (κ2) is 7.49. The van der Waals surface area contributed by atoms with Crippen molar-refractivity contribution in [3.8, 4) is 0 Å². The van der Waals surface area contributed by atoms with E-state index in [0.717, 1.165) is 18.7 Å². The van der Waals surface area contributed by atoms with E-state index in [9.17, 15) is 13.2 Å². The average Bonchev–Trinajstić information content (AvgIpc) is 2.77. The molecule has 1 heterocycles. The number of rotatable bonds is 8. The van der Waals surface area contributed by atoms with Gasteiger partial charge in [0.25, 0.3) is 0 Å². The van der Waals surface area contributed by atoms with Crippen molar-refractivity contribution in [3.63, 3.8) is 0 Å². The molecule has 0 aliphatic carbocycles. The molecule has 0 saturated heterocycles. The summed E-state index contributed by atoms with van der Waals surface area (Å²) in [5, 5.41) is 7.28. The first kappa shape index (κ1) is 16.0. The fraction of sp³-hybridized carbons (Fsp3) is 0.750. The Labute approximate surface area is 110 Å². The Morgan fingerprint density at radius 2 is 2.21 bits per heavy atom. The highest BCUT2D eigenvalue weighted by molar-refractivity contribution is 5.06. The molecule has 1 atom stereocenters. The molecule has 4 nitrogen and oxygen atoms in total. The minimum Gasteiger partial charge on any atom is -0.372 e. The van der Waals surface area contributed by atoms with E-state index < -0.39 is 12.8 Å². The third kappa shape index (κ3) is 5.61. The van der Waals surface area contributed by atoms with Crippen LogP contribution in [0.3, 0.4) is 0 Å². The second-order valence-electron chi connectivity index (χ2n) is 4.28. The minimum absolute atomic E-state index is 0.0534. The molecule has 0 aliphatic rings. The van der Waals surface area contributed by atoms with Crippen LogP contribution < -0.4 is 5.32 Å². The zero-order valence-corrected chi connectivity index (χ0v) is 11.2. The number of ether oxygens (including phenoxy) is 1. The molecule has 0 aromatic carbocycles. The summed E-state index contributed by atoms with van der Waals surface area (Å²) in [5.74, 6) is 0. The van der Waals surface area contributed by atoms with E-state index in [1.807, 2.05) is 17.7 Å². The van der Waals surface area contributed by atoms with Crippen LogP contribution in [0, 0.1) is 0 Å². The summed E-state index contributed by atoms with van der Waals surface area (Å²) in [6, 6.07) is 1.82. The zero-order chi connectivity index (χ0) is 14.3. The van der Waals surface area contributed by atoms with Gasteiger partial charge in [-0.05, 0) is 26.0 Å². The number of nitrogens with one attached hydrogen (secondary N) is 1. The van der Waals surface area contributed by atoms with Crippen LogP contribution >= 0.6 is 0 Å². The number of alkyl halides is 3. The standard InChI is InChI=1S/C12H20F3N3O/c1-3-7-18-11(4-6-17-18)10(16-2)5-8-19-9-12(13,14)15/h4,6,10,16H,3,5,7-9H2,1-2H3. The third-order valence-electron chi connectivity index (χ3n) is 2.71. The quantitative estimate of drug-likeness (QED) is 0.743. The van der Waals surface area contributed by atoms with Gasteiger partial charge in [0.15, 0.2) is 0 Å². The molecular weight excluding hydrogens is 259 g/mol. The van der Waals surface area contributed by atoms with Crippen LogP contribution in [0.2, 0.25) is 0 Å². The molecular formula is C12H20F3N3O. The normalized spacial score (nSPS) is 13.7. The summed E-state index contributed by atoms with van der Waals surface area (Å²) in [4.78, 5) is 0. The maximum Gasteiger partial charge on any atom is 0.411 e. The molecule has 0 spiro atoms. The van der Waals surface area contributed by atoms with E-state index in [1.54, 1.807) is 13.2 Å². The van der Waals surface area contributed by atoms with Crippen molar-refractivity contribution in [2.75, 3.05) is 20.3 Å². The van der Waals surface area contributed by atoms with E-state index in [-0.39, 0.29) is 12.6 Å². The smallest absolute Gasteiger partial charge is 0.372 e. The minimum atomic E-state index is -4.26. The highest BCUT2D eigenvalue weighted by atomic mass is 19.4. The highest BCUT2D eigenvalue weighted by Crippen LogP contribution is 2.18. The molecule has 110 valence electrons. The topological polar surface area (TPSA) is 39.1 Å². The first-order valence-electron chi connectivity index (χ1n) is 6.31. The lowest BCUT2D eigenvalue weighted by Crippen LogP contribution is -2.23. The predicted octanol–water partition coefficient (Wildman–Crippen LogP) is 2.52. The van der Waals surface area contributed by atoms with Crippen molar-refractivity contribution in [1.29, 1.82) is 0 Å². The molecule has 0 aliphatic heterocycles. The second-order valence-corrected chi connectivity index (χ2v) is 4.28. The number of nitrogens with zero attached hydrogens (tertiary/aromatic N) is 2. The number of halogens is 3. The van der Waals surface area contributed by atoms with E-state index in [2.05, 4.69) is 15.2 Å². The summed E-state index contributed by atoms with van der Waals surface area (Å²) in [5.41, 5.74) is 0.972. The Morgan fingerprint density at radius 1 is 1.47 bits per heavy atom. The maximum absolute atomic E-state index is 11.9. The van der Waals surface area contributed by atoms with Gasteiger partial charge in [-0.25, -0.2) is 0 Å². The van der Waals surface area contributed by atoms with Crippen molar-refractivity contribution in [2.45, 2.75) is 38.5 Å². The number of aryl methyl sites for hydroxylation is 1. The molecule has 1 rings (SSSR count). The van der Waals surface area contributed by atoms with Crippen molar-refractivity contribution < 1.29 is 17.9 Å². The molecule has 7 heteroatoms. The number of aromatic nitrogens is 2. The molecule has 1 N–H and O–H groups in total. The monoisotopic (exact) mass is 279 g/mol. The lowest BCUT2D eigenvalue weighted by atomic mass is 10.1. The van der Waals surface area contributed by atoms with Crippen molar-refractivity contribution in [3.05, 3.63) is 18.0 Å². The Kier molecular flexibility index (Phi) is 6.30. The molecule has 0 radical (unpaired) electrons. The van der Waals surface area contributed by atoms with Crippen molar-refractivity contribution in [1.82, 2.24) is 15.1 Å². The summed E-state index contributed by atoms with van der Waals surface area (Å²) in [6.45, 7) is 1.70. The lowest BCUT2D eigenvalue weighted by Gasteiger charge is -2.18. The molecule has 0 saturated carbocycles. The van der Waals surface area contributed by atoms with E-state index >= 15 is 0 Å². The Balaban J connectivity index is 2.46. The molecule has 0 amide bonds. The fourth-order valence-electron chi connectivity index (χ4n) is 1.87. The van der Waals surface area contributed by atoms with Crippen LogP contribution in [0.25, 0.3) is 0 Å². The van der Waals surface area contributed by atoms with Crippen LogP contribution in [0.4, 0.5) is 13.2 Å². The van der Waals surface area contributed by atoms with Gasteiger partial charge in [0.2, 0.25) is 0 Å². The van der Waals surface area contributed by atoms with Gasteiger partial charge in [-0.3, -0.25) is 4.68 Å². The molecule has 19 heavy (non-hydrogen) atoms. The predicted molar refractivity (Wildman–Crippen MR) is 65.8 cm³/mol. The molecule has 0 fully saturated rings. The Bertz CT molecular complexity index is 365. The van der Waals surface area contributed by atoms with Crippen LogP contribution in [0.15, 0.2) is 12.3 Å². The van der Waals surface area contributed by atoms with Gasteiger partial charge in [0.1, 0.15) is 6.61 Å². The summed E-state index contributed by atoms with van der Waals surface area (Å²) in [6.07, 6.45) is -1.14. The van der Waals surface area contributed by atoms with Crippen molar-refractivity contribution >= 4 is 0 Å².